The van der Waals surface area contributed by atoms with Crippen LogP contribution in [0.3, 0.4) is 0 Å². The largest absolute Gasteiger partial charge is 0.491 e. The molecule has 0 bridgehead atoms. The van der Waals surface area contributed by atoms with Gasteiger partial charge in [-0.25, -0.2) is 0 Å². The summed E-state index contributed by atoms with van der Waals surface area (Å²) in [6.45, 7) is 26.2. The van der Waals surface area contributed by atoms with Gasteiger partial charge in [-0.15, -0.1) is 0 Å². The van der Waals surface area contributed by atoms with Crippen LogP contribution in [-0.4, -0.2) is 138 Å². The molecule has 2 aromatic carbocycles. The number of rotatable bonds is 22. The standard InChI is InChI=1S/C39H72O14Si8/c1-39(2,33-15-17-37(42-21-19-40-27-35-29-44-35)31(25-33)13-11-23-60(9)50-56(5)46-54(3)47-57(6)51-60)34-16-18-38(43-22-20-41-28-36-30-45-36)32(26-34)14-12-24-61(10)52-58(7)48-55(4)49-59(8)53-61/h15-18,25-26,35-36,54-59H,11-14,19-24,27-30H2,1-10H3. The van der Waals surface area contributed by atoms with Crippen LogP contribution in [0.15, 0.2) is 36.4 Å². The monoisotopic (exact) mass is 988 g/mol. The number of aryl methyl sites for hydroxylation is 2. The molecule has 61 heavy (non-hydrogen) atoms. The number of benzene rings is 2. The molecule has 6 rings (SSSR count). The molecule has 0 N–H and O–H groups in total. The van der Waals surface area contributed by atoms with Crippen LogP contribution in [0, 0.1) is 0 Å². The molecule has 2 aromatic rings. The maximum absolute atomic E-state index is 6.63. The van der Waals surface area contributed by atoms with Crippen molar-refractivity contribution in [3.63, 3.8) is 0 Å². The van der Waals surface area contributed by atoms with Crippen molar-refractivity contribution in [2.75, 3.05) is 52.9 Å². The third-order valence-corrected chi connectivity index (χ3v) is 39.4. The molecule has 6 atom stereocenters. The lowest BCUT2D eigenvalue weighted by molar-refractivity contribution is 0.0875. The first-order valence-corrected chi connectivity index (χ1v) is 40.0. The van der Waals surface area contributed by atoms with Gasteiger partial charge in [-0.3, -0.25) is 0 Å². The van der Waals surface area contributed by atoms with E-state index in [4.69, 9.17) is 61.3 Å². The topological polar surface area (TPSA) is 136 Å². The maximum atomic E-state index is 6.63. The molecule has 4 aliphatic heterocycles. The van der Waals surface area contributed by atoms with Crippen molar-refractivity contribution < 1.29 is 61.3 Å². The van der Waals surface area contributed by atoms with Crippen LogP contribution < -0.4 is 9.47 Å². The van der Waals surface area contributed by atoms with Crippen LogP contribution in [-0.2, 0) is 70.1 Å². The van der Waals surface area contributed by atoms with Crippen molar-refractivity contribution >= 4 is 72.8 Å². The van der Waals surface area contributed by atoms with Gasteiger partial charge >= 0.3 is 17.1 Å². The van der Waals surface area contributed by atoms with E-state index in [1.807, 2.05) is 0 Å². The highest BCUT2D eigenvalue weighted by molar-refractivity contribution is 6.82. The summed E-state index contributed by atoms with van der Waals surface area (Å²) in [6.07, 6.45) is 3.91. The summed E-state index contributed by atoms with van der Waals surface area (Å²) in [7, 11) is -15.7. The Morgan fingerprint density at radius 3 is 1.26 bits per heavy atom. The normalized spacial score (nSPS) is 32.0. The van der Waals surface area contributed by atoms with Crippen molar-refractivity contribution in [1.82, 2.24) is 0 Å². The minimum absolute atomic E-state index is 0.228. The number of ether oxygens (including phenoxy) is 6. The Bertz CT molecular complexity index is 1530. The zero-order valence-corrected chi connectivity index (χ0v) is 47.1. The van der Waals surface area contributed by atoms with Crippen LogP contribution in [0.25, 0.3) is 0 Å². The van der Waals surface area contributed by atoms with Gasteiger partial charge in [-0.2, -0.15) is 0 Å². The Kier molecular flexibility index (Phi) is 18.9. The summed E-state index contributed by atoms with van der Waals surface area (Å²) in [5, 5.41) is 0. The van der Waals surface area contributed by atoms with E-state index in [1.54, 1.807) is 0 Å². The first kappa shape index (κ1) is 49.7. The predicted octanol–water partition coefficient (Wildman–Crippen LogP) is 4.87. The summed E-state index contributed by atoms with van der Waals surface area (Å²) in [5.41, 5.74) is 4.43. The summed E-state index contributed by atoms with van der Waals surface area (Å²) in [4.78, 5) is 0. The van der Waals surface area contributed by atoms with E-state index >= 15 is 0 Å². The fraction of sp³-hybridized carbons (Fsp3) is 0.692. The second-order valence-corrected chi connectivity index (χ2v) is 37.9. The van der Waals surface area contributed by atoms with Gasteiger partial charge < -0.3 is 61.3 Å². The molecule has 344 valence electrons. The third kappa shape index (κ3) is 16.3. The van der Waals surface area contributed by atoms with Gasteiger partial charge in [-0.05, 0) is 125 Å². The first-order valence-electron chi connectivity index (χ1n) is 22.3. The predicted molar refractivity (Wildman–Crippen MR) is 253 cm³/mol. The molecule has 6 unspecified atom stereocenters. The summed E-state index contributed by atoms with van der Waals surface area (Å²) in [5.74, 6) is 1.76. The van der Waals surface area contributed by atoms with Crippen molar-refractivity contribution in [2.24, 2.45) is 0 Å². The van der Waals surface area contributed by atoms with Crippen LogP contribution in [0.5, 0.6) is 11.5 Å². The van der Waals surface area contributed by atoms with Gasteiger partial charge in [0.15, 0.2) is 0 Å². The van der Waals surface area contributed by atoms with E-state index in [1.165, 1.54) is 22.3 Å². The molecule has 0 radical (unpaired) electrons. The van der Waals surface area contributed by atoms with E-state index in [2.05, 4.69) is 103 Å². The highest BCUT2D eigenvalue weighted by Gasteiger charge is 2.40. The number of hydrogen-bond donors (Lipinski definition) is 0. The smallest absolute Gasteiger partial charge is 0.317 e. The first-order chi connectivity index (χ1) is 29.1. The molecular formula is C39H72O14Si8. The molecule has 0 aromatic heterocycles. The average molecular weight is 990 g/mol. The molecular weight excluding hydrogens is 917 g/mol. The molecule has 0 amide bonds. The molecule has 0 spiro atoms. The van der Waals surface area contributed by atoms with Gasteiger partial charge in [-0.1, -0.05) is 38.1 Å². The Labute approximate surface area is 377 Å². The lowest BCUT2D eigenvalue weighted by Crippen LogP contribution is -2.53. The number of epoxide rings is 2. The molecule has 4 saturated heterocycles. The van der Waals surface area contributed by atoms with Crippen molar-refractivity contribution in [1.29, 1.82) is 0 Å². The van der Waals surface area contributed by atoms with E-state index in [-0.39, 0.29) is 17.6 Å². The highest BCUT2D eigenvalue weighted by atomic mass is 28.5. The Morgan fingerprint density at radius 1 is 0.557 bits per heavy atom. The van der Waals surface area contributed by atoms with Gasteiger partial charge in [0.25, 0.3) is 55.7 Å². The van der Waals surface area contributed by atoms with Crippen LogP contribution in [0.4, 0.5) is 0 Å². The molecule has 0 saturated carbocycles. The summed E-state index contributed by atoms with van der Waals surface area (Å²) in [6, 6.07) is 15.0. The minimum Gasteiger partial charge on any atom is -0.491 e. The zero-order valence-electron chi connectivity index (χ0n) is 38.2. The molecule has 4 aliphatic rings. The maximum Gasteiger partial charge on any atom is 0.317 e. The molecule has 4 heterocycles. The zero-order chi connectivity index (χ0) is 43.6. The molecule has 0 aliphatic carbocycles. The van der Waals surface area contributed by atoms with Crippen molar-refractivity contribution in [2.45, 2.75) is 122 Å². The lowest BCUT2D eigenvalue weighted by atomic mass is 9.76. The van der Waals surface area contributed by atoms with Gasteiger partial charge in [0, 0.05) is 5.41 Å². The summed E-state index contributed by atoms with van der Waals surface area (Å²) < 4.78 is 86.3. The van der Waals surface area contributed by atoms with Crippen molar-refractivity contribution in [3.05, 3.63) is 58.7 Å². The van der Waals surface area contributed by atoms with E-state index < -0.39 is 72.8 Å². The minimum atomic E-state index is -2.48. The second kappa shape index (κ2) is 23.2. The van der Waals surface area contributed by atoms with Gasteiger partial charge in [0.05, 0.1) is 39.6 Å². The second-order valence-electron chi connectivity index (χ2n) is 17.4. The fourth-order valence-electron chi connectivity index (χ4n) is 8.10. The fourth-order valence-corrected chi connectivity index (χ4v) is 37.5. The Morgan fingerprint density at radius 2 is 0.918 bits per heavy atom. The van der Waals surface area contributed by atoms with Crippen LogP contribution in [0.1, 0.15) is 48.9 Å². The van der Waals surface area contributed by atoms with E-state index in [0.717, 1.165) is 62.5 Å². The van der Waals surface area contributed by atoms with Crippen LogP contribution in [0.2, 0.25) is 64.5 Å². The SMILES string of the molecule is C[SiH]1O[SiH](C)O[Si](C)(CCCc2cc(C(C)(C)c3ccc(OCCOCC4CO4)c(CCC[Si]4(C)O[SiH](C)O[SiH](C)O[SiH](C)O4)c3)ccc2OCCOCC2CO2)O[SiH](C)O1. The van der Waals surface area contributed by atoms with Gasteiger partial charge in [0.2, 0.25) is 0 Å². The molecule has 14 nitrogen and oxygen atoms in total. The third-order valence-electron chi connectivity index (χ3n) is 11.3. The Hall–Kier alpha value is -0.705. The van der Waals surface area contributed by atoms with E-state index in [9.17, 15) is 0 Å². The Balaban J connectivity index is 1.18. The van der Waals surface area contributed by atoms with Gasteiger partial charge in [0.1, 0.15) is 36.9 Å². The molecule has 22 heteroatoms. The lowest BCUT2D eigenvalue weighted by Gasteiger charge is -2.37. The average Bonchev–Trinajstić information content (AvgIpc) is 4.11. The summed E-state index contributed by atoms with van der Waals surface area (Å²) >= 11 is 0. The quantitative estimate of drug-likeness (QED) is 0.0902. The highest BCUT2D eigenvalue weighted by Crippen LogP contribution is 2.38. The molecule has 4 fully saturated rings. The van der Waals surface area contributed by atoms with Crippen LogP contribution >= 0.6 is 0 Å². The van der Waals surface area contributed by atoms with E-state index in [0.29, 0.717) is 39.6 Å². The number of hydrogen-bond acceptors (Lipinski definition) is 14. The van der Waals surface area contributed by atoms with Crippen molar-refractivity contribution in [3.8, 4) is 11.5 Å².